The molecule has 0 amide bonds. The minimum atomic E-state index is -0.253. The van der Waals surface area contributed by atoms with Crippen molar-refractivity contribution in [1.29, 1.82) is 0 Å². The first kappa shape index (κ1) is 19.4. The molecule has 7 heteroatoms. The molecule has 0 N–H and O–H groups in total. The molecule has 0 atom stereocenters. The van der Waals surface area contributed by atoms with E-state index in [-0.39, 0.29) is 23.4 Å². The molecule has 0 aliphatic heterocycles. The Morgan fingerprint density at radius 2 is 1.96 bits per heavy atom. The van der Waals surface area contributed by atoms with Crippen molar-refractivity contribution < 1.29 is 9.18 Å². The molecule has 0 bridgehead atoms. The van der Waals surface area contributed by atoms with E-state index in [1.807, 2.05) is 49.0 Å². The smallest absolute Gasteiger partial charge is 0.191 e. The lowest BCUT2D eigenvalue weighted by Gasteiger charge is -2.11. The molecule has 3 rings (SSSR count). The van der Waals surface area contributed by atoms with Gasteiger partial charge in [0.25, 0.3) is 0 Å². The zero-order valence-electron chi connectivity index (χ0n) is 16.2. The van der Waals surface area contributed by atoms with Gasteiger partial charge in [0.1, 0.15) is 12.1 Å². The number of Topliss-reactive ketones (excluding diaryl/α,β-unsaturated/α-hetero) is 1. The minimum absolute atomic E-state index is 0.0187. The van der Waals surface area contributed by atoms with E-state index >= 15 is 0 Å². The minimum Gasteiger partial charge on any atom is -0.318 e. The zero-order chi connectivity index (χ0) is 19.7. The first-order valence-corrected chi connectivity index (χ1v) is 9.79. The number of hydrogen-bond donors (Lipinski definition) is 0. The molecule has 0 unspecified atom stereocenters. The molecular weight excluding hydrogens is 363 g/mol. The van der Waals surface area contributed by atoms with Gasteiger partial charge in [-0.3, -0.25) is 4.79 Å². The number of carbonyl (C=O) groups excluding carboxylic acids is 1. The maximum atomic E-state index is 14.0. The fraction of sp³-hybridized carbons (Fsp3) is 0.350. The van der Waals surface area contributed by atoms with Crippen molar-refractivity contribution in [2.75, 3.05) is 5.75 Å². The van der Waals surface area contributed by atoms with Gasteiger partial charge in [-0.25, -0.2) is 4.39 Å². The van der Waals surface area contributed by atoms with Gasteiger partial charge >= 0.3 is 0 Å². The van der Waals surface area contributed by atoms with Gasteiger partial charge in [0.2, 0.25) is 0 Å². The standard InChI is InChI=1S/C20H23FN4OS/c1-12(2)24-11-22-23-20(24)27-10-19(26)17-8-14(4)25(15(17)5)16-7-6-13(3)18(21)9-16/h6-9,11-12H,10H2,1-5H3. The summed E-state index contributed by atoms with van der Waals surface area (Å²) in [5.41, 5.74) is 3.68. The van der Waals surface area contributed by atoms with Gasteiger partial charge in [0.05, 0.1) is 5.75 Å². The second-order valence-corrected chi connectivity index (χ2v) is 7.82. The van der Waals surface area contributed by atoms with Crippen molar-refractivity contribution in [3.63, 3.8) is 0 Å². The van der Waals surface area contributed by atoms with E-state index in [9.17, 15) is 9.18 Å². The summed E-state index contributed by atoms with van der Waals surface area (Å²) in [7, 11) is 0. The summed E-state index contributed by atoms with van der Waals surface area (Å²) in [4.78, 5) is 12.8. The van der Waals surface area contributed by atoms with Crippen LogP contribution in [0.25, 0.3) is 5.69 Å². The summed E-state index contributed by atoms with van der Waals surface area (Å²) < 4.78 is 17.8. The van der Waals surface area contributed by atoms with Crippen molar-refractivity contribution in [2.45, 2.75) is 45.8 Å². The van der Waals surface area contributed by atoms with Crippen LogP contribution in [0, 0.1) is 26.6 Å². The molecule has 0 spiro atoms. The van der Waals surface area contributed by atoms with E-state index in [0.717, 1.165) is 22.2 Å². The van der Waals surface area contributed by atoms with Crippen molar-refractivity contribution in [2.24, 2.45) is 0 Å². The van der Waals surface area contributed by atoms with Crippen LogP contribution in [-0.4, -0.2) is 30.9 Å². The molecule has 0 saturated carbocycles. The van der Waals surface area contributed by atoms with Gasteiger partial charge < -0.3 is 9.13 Å². The van der Waals surface area contributed by atoms with Crippen LogP contribution in [0.3, 0.4) is 0 Å². The number of thioether (sulfide) groups is 1. The van der Waals surface area contributed by atoms with E-state index < -0.39 is 0 Å². The average Bonchev–Trinajstić information content (AvgIpc) is 3.20. The number of aromatic nitrogens is 4. The molecule has 0 saturated heterocycles. The predicted octanol–water partition coefficient (Wildman–Crippen LogP) is 4.69. The monoisotopic (exact) mass is 386 g/mol. The topological polar surface area (TPSA) is 52.7 Å². The Labute approximate surface area is 162 Å². The number of rotatable bonds is 6. The number of benzene rings is 1. The fourth-order valence-electron chi connectivity index (χ4n) is 3.06. The number of halogens is 1. The highest BCUT2D eigenvalue weighted by Gasteiger charge is 2.19. The largest absolute Gasteiger partial charge is 0.318 e. The molecule has 2 heterocycles. The van der Waals surface area contributed by atoms with Crippen LogP contribution in [0.15, 0.2) is 35.7 Å². The fourth-order valence-corrected chi connectivity index (χ4v) is 3.99. The average molecular weight is 386 g/mol. The highest BCUT2D eigenvalue weighted by atomic mass is 32.2. The first-order valence-electron chi connectivity index (χ1n) is 8.80. The van der Waals surface area contributed by atoms with Crippen LogP contribution in [0.1, 0.15) is 47.2 Å². The van der Waals surface area contributed by atoms with Gasteiger partial charge in [-0.05, 0) is 58.4 Å². The van der Waals surface area contributed by atoms with Gasteiger partial charge in [-0.2, -0.15) is 0 Å². The second kappa shape index (κ2) is 7.68. The maximum absolute atomic E-state index is 14.0. The lowest BCUT2D eigenvalue weighted by atomic mass is 10.2. The summed E-state index contributed by atoms with van der Waals surface area (Å²) in [5.74, 6) is 0.0412. The maximum Gasteiger partial charge on any atom is 0.191 e. The van der Waals surface area contributed by atoms with E-state index in [0.29, 0.717) is 11.1 Å². The summed E-state index contributed by atoms with van der Waals surface area (Å²) in [6.07, 6.45) is 1.68. The molecule has 2 aromatic heterocycles. The molecule has 0 aliphatic carbocycles. The SMILES string of the molecule is Cc1ccc(-n2c(C)cc(C(=O)CSc3nncn3C(C)C)c2C)cc1F. The van der Waals surface area contributed by atoms with Crippen molar-refractivity contribution in [1.82, 2.24) is 19.3 Å². The quantitative estimate of drug-likeness (QED) is 0.456. The van der Waals surface area contributed by atoms with Gasteiger partial charge in [0, 0.05) is 28.7 Å². The van der Waals surface area contributed by atoms with E-state index in [1.165, 1.54) is 17.8 Å². The molecule has 27 heavy (non-hydrogen) atoms. The zero-order valence-corrected chi connectivity index (χ0v) is 17.0. The Hall–Kier alpha value is -2.41. The van der Waals surface area contributed by atoms with Crippen molar-refractivity contribution >= 4 is 17.5 Å². The number of nitrogens with zero attached hydrogens (tertiary/aromatic N) is 4. The number of ketones is 1. The molecule has 0 radical (unpaired) electrons. The number of aryl methyl sites for hydroxylation is 2. The third kappa shape index (κ3) is 3.83. The Kier molecular flexibility index (Phi) is 5.51. The molecule has 0 aliphatic rings. The summed E-state index contributed by atoms with van der Waals surface area (Å²) >= 11 is 1.38. The van der Waals surface area contributed by atoms with Crippen LogP contribution in [0.2, 0.25) is 0 Å². The van der Waals surface area contributed by atoms with Gasteiger partial charge in [0.15, 0.2) is 10.9 Å². The lowest BCUT2D eigenvalue weighted by molar-refractivity contribution is 0.102. The Balaban J connectivity index is 1.84. The highest BCUT2D eigenvalue weighted by molar-refractivity contribution is 7.99. The molecule has 1 aromatic carbocycles. The molecule has 142 valence electrons. The second-order valence-electron chi connectivity index (χ2n) is 6.88. The lowest BCUT2D eigenvalue weighted by Crippen LogP contribution is -2.07. The molecule has 3 aromatic rings. The van der Waals surface area contributed by atoms with Crippen molar-refractivity contribution in [3.05, 3.63) is 58.9 Å². The van der Waals surface area contributed by atoms with E-state index in [1.54, 1.807) is 19.3 Å². The number of carbonyl (C=O) groups is 1. The van der Waals surface area contributed by atoms with E-state index in [2.05, 4.69) is 10.2 Å². The van der Waals surface area contributed by atoms with Crippen LogP contribution in [0.5, 0.6) is 0 Å². The molecule has 0 fully saturated rings. The third-order valence-electron chi connectivity index (χ3n) is 4.57. The van der Waals surface area contributed by atoms with E-state index in [4.69, 9.17) is 0 Å². The van der Waals surface area contributed by atoms with Crippen LogP contribution < -0.4 is 0 Å². The molecule has 5 nitrogen and oxygen atoms in total. The Bertz CT molecular complexity index is 990. The summed E-state index contributed by atoms with van der Waals surface area (Å²) in [6, 6.07) is 7.22. The number of hydrogen-bond acceptors (Lipinski definition) is 4. The highest BCUT2D eigenvalue weighted by Crippen LogP contribution is 2.25. The predicted molar refractivity (Wildman–Crippen MR) is 105 cm³/mol. The van der Waals surface area contributed by atoms with Crippen LogP contribution in [0.4, 0.5) is 4.39 Å². The van der Waals surface area contributed by atoms with Gasteiger partial charge in [-0.15, -0.1) is 10.2 Å². The molecular formula is C20H23FN4OS. The Morgan fingerprint density at radius 3 is 2.63 bits per heavy atom. The third-order valence-corrected chi connectivity index (χ3v) is 5.53. The summed E-state index contributed by atoms with van der Waals surface area (Å²) in [5, 5.41) is 8.75. The summed E-state index contributed by atoms with van der Waals surface area (Å²) in [6.45, 7) is 9.63. The normalized spacial score (nSPS) is 11.4. The first-order chi connectivity index (χ1) is 12.8. The van der Waals surface area contributed by atoms with Crippen LogP contribution >= 0.6 is 11.8 Å². The van der Waals surface area contributed by atoms with Crippen LogP contribution in [-0.2, 0) is 0 Å². The van der Waals surface area contributed by atoms with Crippen molar-refractivity contribution in [3.8, 4) is 5.69 Å². The Morgan fingerprint density at radius 1 is 1.22 bits per heavy atom. The van der Waals surface area contributed by atoms with Gasteiger partial charge in [-0.1, -0.05) is 17.8 Å².